The van der Waals surface area contributed by atoms with Gasteiger partial charge in [-0.1, -0.05) is 25.1 Å². The monoisotopic (exact) mass is 521 g/mol. The maximum absolute atomic E-state index is 13.3. The van der Waals surface area contributed by atoms with Crippen LogP contribution < -0.4 is 10.6 Å². The van der Waals surface area contributed by atoms with Crippen LogP contribution in [0.15, 0.2) is 71.4 Å². The smallest absolute Gasteiger partial charge is 0.251 e. The normalized spacial score (nSPS) is 21.8. The molecule has 0 unspecified atom stereocenters. The molecule has 2 aromatic carbocycles. The number of aromatic nitrogens is 2. The van der Waals surface area contributed by atoms with Crippen molar-refractivity contribution in [2.75, 3.05) is 6.54 Å². The number of hydrogen-bond donors (Lipinski definition) is 3. The number of pyridine rings is 1. The molecule has 5 aromatic rings. The van der Waals surface area contributed by atoms with Gasteiger partial charge in [-0.15, -0.1) is 0 Å². The molecule has 1 saturated heterocycles. The Balaban J connectivity index is 1.02. The van der Waals surface area contributed by atoms with Crippen molar-refractivity contribution in [3.63, 3.8) is 0 Å². The van der Waals surface area contributed by atoms with E-state index in [4.69, 9.17) is 4.42 Å². The first kappa shape index (κ1) is 23.5. The number of fused-ring (bicyclic) bond motifs is 5. The average Bonchev–Trinajstić information content (AvgIpc) is 3.27. The van der Waals surface area contributed by atoms with Gasteiger partial charge in [0.1, 0.15) is 17.2 Å². The summed E-state index contributed by atoms with van der Waals surface area (Å²) in [7, 11) is 0. The number of H-pyrrole nitrogens is 1. The Labute approximate surface area is 223 Å². The van der Waals surface area contributed by atoms with E-state index in [1.807, 2.05) is 36.4 Å². The molecule has 1 saturated carbocycles. The minimum atomic E-state index is -0.558. The van der Waals surface area contributed by atoms with Gasteiger partial charge in [-0.3, -0.25) is 19.4 Å². The predicted molar refractivity (Wildman–Crippen MR) is 146 cm³/mol. The predicted octanol–water partition coefficient (Wildman–Crippen LogP) is 3.89. The summed E-state index contributed by atoms with van der Waals surface area (Å²) in [5, 5.41) is 8.50. The van der Waals surface area contributed by atoms with Crippen molar-refractivity contribution in [3.05, 3.63) is 78.2 Å². The summed E-state index contributed by atoms with van der Waals surface area (Å²) >= 11 is 0. The van der Waals surface area contributed by atoms with Crippen LogP contribution in [0.2, 0.25) is 0 Å². The molecule has 7 rings (SSSR count). The summed E-state index contributed by atoms with van der Waals surface area (Å²) in [6, 6.07) is 16.2. The minimum Gasteiger partial charge on any atom is -0.456 e. The number of hydrogen-bond acceptors (Lipinski definition) is 5. The molecule has 9 heteroatoms. The lowest BCUT2D eigenvalue weighted by Crippen LogP contribution is -2.50. The molecule has 0 bridgehead atoms. The van der Waals surface area contributed by atoms with Gasteiger partial charge in [0.05, 0.1) is 13.1 Å². The van der Waals surface area contributed by atoms with Crippen molar-refractivity contribution in [3.8, 4) is 0 Å². The highest BCUT2D eigenvalue weighted by molar-refractivity contribution is 6.08. The van der Waals surface area contributed by atoms with Gasteiger partial charge in [0, 0.05) is 51.4 Å². The van der Waals surface area contributed by atoms with E-state index in [1.165, 1.54) is 0 Å². The van der Waals surface area contributed by atoms with Gasteiger partial charge in [-0.05, 0) is 54.7 Å². The Kier molecular flexibility index (Phi) is 5.23. The quantitative estimate of drug-likeness (QED) is 0.313. The molecule has 0 spiro atoms. The molecule has 196 valence electrons. The van der Waals surface area contributed by atoms with Crippen LogP contribution in [0.1, 0.15) is 35.8 Å². The molecule has 39 heavy (non-hydrogen) atoms. The van der Waals surface area contributed by atoms with Gasteiger partial charge in [-0.25, -0.2) is 0 Å². The van der Waals surface area contributed by atoms with E-state index in [0.29, 0.717) is 24.1 Å². The molecule has 2 aliphatic rings. The van der Waals surface area contributed by atoms with Crippen LogP contribution in [-0.4, -0.2) is 51.2 Å². The van der Waals surface area contributed by atoms with Crippen LogP contribution in [0.25, 0.3) is 32.8 Å². The lowest BCUT2D eigenvalue weighted by Gasteiger charge is -2.27. The molecule has 3 N–H and O–H groups in total. The number of piperidine rings is 1. The van der Waals surface area contributed by atoms with Crippen molar-refractivity contribution in [2.24, 2.45) is 5.41 Å². The summed E-state index contributed by atoms with van der Waals surface area (Å²) < 4.78 is 5.84. The largest absolute Gasteiger partial charge is 0.456 e. The zero-order chi connectivity index (χ0) is 26.7. The fourth-order valence-electron chi connectivity index (χ4n) is 6.00. The van der Waals surface area contributed by atoms with Crippen LogP contribution in [0.5, 0.6) is 0 Å². The fraction of sp³-hybridized carbons (Fsp3) is 0.267. The van der Waals surface area contributed by atoms with E-state index in [1.54, 1.807) is 35.5 Å². The van der Waals surface area contributed by atoms with Crippen molar-refractivity contribution >= 4 is 50.6 Å². The van der Waals surface area contributed by atoms with E-state index in [0.717, 1.165) is 39.4 Å². The van der Waals surface area contributed by atoms with Crippen LogP contribution in [0, 0.1) is 5.41 Å². The zero-order valence-corrected chi connectivity index (χ0v) is 21.4. The van der Waals surface area contributed by atoms with E-state index in [-0.39, 0.29) is 35.7 Å². The minimum absolute atomic E-state index is 0.0189. The number of nitrogens with one attached hydrogen (secondary N) is 3. The molecule has 3 atom stereocenters. The summed E-state index contributed by atoms with van der Waals surface area (Å²) in [5.41, 5.74) is 3.67. The summed E-state index contributed by atoms with van der Waals surface area (Å²) in [4.78, 5) is 48.6. The molecular formula is C30H27N5O4. The van der Waals surface area contributed by atoms with Gasteiger partial charge in [-0.2, -0.15) is 0 Å². The summed E-state index contributed by atoms with van der Waals surface area (Å²) in [5.74, 6) is -0.777. The lowest BCUT2D eigenvalue weighted by atomic mass is 10.0. The zero-order valence-electron chi connectivity index (χ0n) is 21.4. The van der Waals surface area contributed by atoms with Gasteiger partial charge in [0.25, 0.3) is 5.91 Å². The summed E-state index contributed by atoms with van der Waals surface area (Å²) in [6.07, 6.45) is 4.97. The molecule has 3 amide bonds. The highest BCUT2D eigenvalue weighted by Crippen LogP contribution is 2.59. The third-order valence-corrected chi connectivity index (χ3v) is 8.19. The standard InChI is InChI=1S/C30H27N5O4/c1-30-12-23(29(38)32-15-19-10-18-14-31-9-8-22(18)34-19)35(26(30)13-30)27(36)16-33-28(37)17-6-7-25-21(11-17)20-4-2-3-5-24(20)39-25/h2-11,14,23,26,34H,12-13,15-16H2,1H3,(H,32,38)(H,33,37)/t23-,26-,30+/m0/s1. The van der Waals surface area contributed by atoms with E-state index in [2.05, 4.69) is 27.5 Å². The number of likely N-dealkylation sites (tertiary alicyclic amines) is 1. The SMILES string of the molecule is C[C@@]12C[C@@H]1N(C(=O)CNC(=O)c1ccc3oc4ccccc4c3c1)[C@H](C(=O)NCc1cc3cnccc3[nH]1)C2. The maximum atomic E-state index is 13.3. The molecule has 0 radical (unpaired) electrons. The van der Waals surface area contributed by atoms with Crippen molar-refractivity contribution in [1.29, 1.82) is 0 Å². The molecule has 1 aliphatic heterocycles. The lowest BCUT2D eigenvalue weighted by molar-refractivity contribution is -0.139. The number of benzene rings is 2. The van der Waals surface area contributed by atoms with Crippen molar-refractivity contribution < 1.29 is 18.8 Å². The number of rotatable bonds is 6. The maximum Gasteiger partial charge on any atom is 0.251 e. The molecule has 3 aromatic heterocycles. The summed E-state index contributed by atoms with van der Waals surface area (Å²) in [6.45, 7) is 2.27. The van der Waals surface area contributed by atoms with Crippen LogP contribution in [-0.2, 0) is 16.1 Å². The third-order valence-electron chi connectivity index (χ3n) is 8.19. The molecule has 4 heterocycles. The van der Waals surface area contributed by atoms with Crippen molar-refractivity contribution in [2.45, 2.75) is 38.4 Å². The van der Waals surface area contributed by atoms with E-state index < -0.39 is 6.04 Å². The number of para-hydroxylation sites is 1. The molecular weight excluding hydrogens is 494 g/mol. The first-order valence-electron chi connectivity index (χ1n) is 13.1. The number of aromatic amines is 1. The van der Waals surface area contributed by atoms with Crippen LogP contribution in [0.4, 0.5) is 0 Å². The number of nitrogens with zero attached hydrogens (tertiary/aromatic N) is 2. The number of carbonyl (C=O) groups is 3. The van der Waals surface area contributed by atoms with Crippen molar-refractivity contribution in [1.82, 2.24) is 25.5 Å². The second-order valence-electron chi connectivity index (χ2n) is 10.9. The number of amides is 3. The Hall–Kier alpha value is -4.66. The molecule has 1 aliphatic carbocycles. The Morgan fingerprint density at radius 2 is 1.90 bits per heavy atom. The molecule has 2 fully saturated rings. The highest BCUT2D eigenvalue weighted by Gasteiger charge is 2.64. The fourth-order valence-corrected chi connectivity index (χ4v) is 6.00. The van der Waals surface area contributed by atoms with Gasteiger partial charge < -0.3 is 24.9 Å². The van der Waals surface area contributed by atoms with Crippen LogP contribution in [0.3, 0.4) is 0 Å². The first-order valence-corrected chi connectivity index (χ1v) is 13.1. The Bertz CT molecular complexity index is 1760. The van der Waals surface area contributed by atoms with Gasteiger partial charge >= 0.3 is 0 Å². The first-order chi connectivity index (χ1) is 18.9. The van der Waals surface area contributed by atoms with E-state index in [9.17, 15) is 14.4 Å². The highest BCUT2D eigenvalue weighted by atomic mass is 16.3. The third kappa shape index (κ3) is 4.01. The van der Waals surface area contributed by atoms with Gasteiger partial charge in [0.15, 0.2) is 0 Å². The second kappa shape index (κ2) is 8.69. The van der Waals surface area contributed by atoms with Crippen LogP contribution >= 0.6 is 0 Å². The Morgan fingerprint density at radius 3 is 2.77 bits per heavy atom. The van der Waals surface area contributed by atoms with Gasteiger partial charge in [0.2, 0.25) is 11.8 Å². The topological polar surface area (TPSA) is 120 Å². The Morgan fingerprint density at radius 1 is 1.05 bits per heavy atom. The molecule has 9 nitrogen and oxygen atoms in total. The average molecular weight is 522 g/mol. The number of carbonyl (C=O) groups excluding carboxylic acids is 3. The van der Waals surface area contributed by atoms with E-state index >= 15 is 0 Å². The second-order valence-corrected chi connectivity index (χ2v) is 10.9. The number of furan rings is 1.